The number of aromatic nitrogens is 6. The maximum atomic E-state index is 5.39. The maximum absolute atomic E-state index is 5.39. The van der Waals surface area contributed by atoms with Crippen molar-refractivity contribution in [2.24, 2.45) is 7.05 Å². The monoisotopic (exact) mass is 528 g/mol. The van der Waals surface area contributed by atoms with E-state index in [0.29, 0.717) is 0 Å². The zero-order chi connectivity index (χ0) is 27.1. The average Bonchev–Trinajstić information content (AvgIpc) is 3.78. The topological polar surface area (TPSA) is 36.5 Å². The van der Waals surface area contributed by atoms with E-state index in [0.717, 1.165) is 50.0 Å². The van der Waals surface area contributed by atoms with E-state index in [-0.39, 0.29) is 0 Å². The molecule has 0 saturated heterocycles. The van der Waals surface area contributed by atoms with Crippen LogP contribution in [0.2, 0.25) is 0 Å². The van der Waals surface area contributed by atoms with E-state index in [9.17, 15) is 0 Å². The molecule has 0 fully saturated rings. The highest BCUT2D eigenvalue weighted by atomic mass is 15.6. The van der Waals surface area contributed by atoms with Gasteiger partial charge in [0.15, 0.2) is 0 Å². The van der Waals surface area contributed by atoms with Crippen LogP contribution in [0.25, 0.3) is 66.2 Å². The van der Waals surface area contributed by atoms with Gasteiger partial charge >= 0.3 is 0 Å². The van der Waals surface area contributed by atoms with Gasteiger partial charge in [-0.1, -0.05) is 71.7 Å². The minimum absolute atomic E-state index is 0.900. The van der Waals surface area contributed by atoms with Crippen LogP contribution in [-0.4, -0.2) is 23.5 Å². The quantitative estimate of drug-likeness (QED) is 0.180. The largest absolute Gasteiger partial charge is 0.294 e. The number of benzene rings is 4. The van der Waals surface area contributed by atoms with Crippen LogP contribution in [0.4, 0.5) is 0 Å². The van der Waals surface area contributed by atoms with Gasteiger partial charge in [-0.15, -0.1) is 10.7 Å². The van der Waals surface area contributed by atoms with E-state index >= 15 is 0 Å². The van der Waals surface area contributed by atoms with E-state index < -0.39 is 0 Å². The van der Waals surface area contributed by atoms with Crippen LogP contribution in [0.15, 0.2) is 128 Å². The van der Waals surface area contributed by atoms with Crippen molar-refractivity contribution < 1.29 is 4.79 Å². The standard InChI is InChI=1S/C35H24N6/c1-37-20-8-21-39(37)38-22-19-24-15-16-25(23-33(24)38)40-30-12-5-4-11-28(30)29-17-18-34(36-35(29)40)41-31-13-6-2-9-26(31)27-10-3-7-14-32(27)41/h2-20,22-23H,1H3. The third-order valence-corrected chi connectivity index (χ3v) is 8.21. The smallest absolute Gasteiger partial charge is 0.148 e. The molecule has 9 aromatic rings. The van der Waals surface area contributed by atoms with Gasteiger partial charge in [-0.25, -0.2) is 9.67 Å². The summed E-state index contributed by atoms with van der Waals surface area (Å²) in [5.41, 5.74) is 6.52. The summed E-state index contributed by atoms with van der Waals surface area (Å²) in [6.45, 7) is 0. The van der Waals surface area contributed by atoms with Crippen LogP contribution in [0, 0.1) is 6.20 Å². The molecule has 0 aliphatic rings. The molecule has 6 heteroatoms. The summed E-state index contributed by atoms with van der Waals surface area (Å²) in [6.07, 6.45) is 7.35. The molecule has 4 aromatic carbocycles. The van der Waals surface area contributed by atoms with Crippen molar-refractivity contribution >= 4 is 54.6 Å². The van der Waals surface area contributed by atoms with Crippen molar-refractivity contribution in [1.82, 2.24) is 23.5 Å². The third-order valence-electron chi connectivity index (χ3n) is 8.21. The molecule has 0 bridgehead atoms. The van der Waals surface area contributed by atoms with Crippen LogP contribution in [0.5, 0.6) is 0 Å². The van der Waals surface area contributed by atoms with Crippen molar-refractivity contribution in [1.29, 1.82) is 0 Å². The first kappa shape index (κ1) is 22.2. The highest BCUT2D eigenvalue weighted by Gasteiger charge is 2.18. The molecule has 0 saturated carbocycles. The second-order valence-corrected chi connectivity index (χ2v) is 10.5. The van der Waals surface area contributed by atoms with Gasteiger partial charge in [0.25, 0.3) is 0 Å². The highest BCUT2D eigenvalue weighted by Crippen LogP contribution is 2.35. The Hall–Kier alpha value is -5.62. The Labute approximate surface area is 235 Å². The minimum Gasteiger partial charge on any atom is -0.294 e. The molecule has 0 aliphatic heterocycles. The molecule has 0 aliphatic carbocycles. The summed E-state index contributed by atoms with van der Waals surface area (Å²) in [5, 5.41) is 5.93. The van der Waals surface area contributed by atoms with Gasteiger partial charge in [-0.2, -0.15) is 0 Å². The number of fused-ring (bicyclic) bond motifs is 7. The lowest BCUT2D eigenvalue weighted by atomic mass is 10.2. The van der Waals surface area contributed by atoms with Crippen LogP contribution in [-0.2, 0) is 7.05 Å². The van der Waals surface area contributed by atoms with Gasteiger partial charge in [-0.05, 0) is 48.5 Å². The van der Waals surface area contributed by atoms with E-state index in [1.165, 1.54) is 16.2 Å². The molecule has 0 N–H and O–H groups in total. The van der Waals surface area contributed by atoms with Crippen molar-refractivity contribution in [3.05, 3.63) is 134 Å². The first-order chi connectivity index (χ1) is 20.3. The summed E-state index contributed by atoms with van der Waals surface area (Å²) < 4.78 is 8.69. The molecule has 5 heterocycles. The molecule has 0 unspecified atom stereocenters. The molecule has 9 rings (SSSR count). The second-order valence-electron chi connectivity index (χ2n) is 10.5. The lowest BCUT2D eigenvalue weighted by Crippen LogP contribution is -2.47. The van der Waals surface area contributed by atoms with E-state index in [1.807, 2.05) is 28.8 Å². The second kappa shape index (κ2) is 8.19. The summed E-state index contributed by atoms with van der Waals surface area (Å²) in [4.78, 5) is 7.36. The SMILES string of the molecule is Cn1cc[c-][n+]1-n1ccc2ccc(-n3c4ccccc4c4ccc(-n5c6ccccc6c6ccccc65)nc43)cc21. The zero-order valence-electron chi connectivity index (χ0n) is 22.3. The Morgan fingerprint density at radius 2 is 1.27 bits per heavy atom. The van der Waals surface area contributed by atoms with Gasteiger partial charge in [0.05, 0.1) is 22.7 Å². The van der Waals surface area contributed by atoms with Gasteiger partial charge in [0.1, 0.15) is 23.2 Å². The molecular formula is C35H24N6. The Morgan fingerprint density at radius 3 is 1.95 bits per heavy atom. The number of para-hydroxylation sites is 3. The predicted octanol–water partition coefficient (Wildman–Crippen LogP) is 6.97. The van der Waals surface area contributed by atoms with E-state index in [4.69, 9.17) is 4.98 Å². The Morgan fingerprint density at radius 1 is 0.610 bits per heavy atom. The van der Waals surface area contributed by atoms with E-state index in [1.54, 1.807) is 0 Å². The first-order valence-electron chi connectivity index (χ1n) is 13.7. The lowest BCUT2D eigenvalue weighted by molar-refractivity contribution is -0.801. The Balaban J connectivity index is 1.35. The van der Waals surface area contributed by atoms with Crippen LogP contribution >= 0.6 is 0 Å². The molecule has 6 nitrogen and oxygen atoms in total. The number of hydrogen-bond donors (Lipinski definition) is 0. The Kier molecular flexibility index (Phi) is 4.44. The molecule has 0 atom stereocenters. The molecule has 5 aromatic heterocycles. The predicted molar refractivity (Wildman–Crippen MR) is 164 cm³/mol. The molecule has 41 heavy (non-hydrogen) atoms. The van der Waals surface area contributed by atoms with E-state index in [2.05, 4.69) is 135 Å². The van der Waals surface area contributed by atoms with Gasteiger partial charge in [-0.3, -0.25) is 9.13 Å². The van der Waals surface area contributed by atoms with Crippen LogP contribution in [0.3, 0.4) is 0 Å². The fourth-order valence-electron chi connectivity index (χ4n) is 6.37. The first-order valence-corrected chi connectivity index (χ1v) is 13.7. The van der Waals surface area contributed by atoms with Crippen LogP contribution < -0.4 is 4.79 Å². The number of pyridine rings is 1. The molecule has 0 radical (unpaired) electrons. The van der Waals surface area contributed by atoms with Crippen molar-refractivity contribution in [3.63, 3.8) is 0 Å². The van der Waals surface area contributed by atoms with Gasteiger partial charge in [0, 0.05) is 39.7 Å². The van der Waals surface area contributed by atoms with Crippen molar-refractivity contribution in [3.8, 4) is 11.5 Å². The summed E-state index contributed by atoms with van der Waals surface area (Å²) in [5.74, 6) is 0.900. The van der Waals surface area contributed by atoms with Crippen LogP contribution in [0.1, 0.15) is 0 Å². The Bertz CT molecular complexity index is 2400. The molecular weight excluding hydrogens is 504 g/mol. The minimum atomic E-state index is 0.900. The average molecular weight is 529 g/mol. The summed E-state index contributed by atoms with van der Waals surface area (Å²) in [6, 6.07) is 40.7. The maximum Gasteiger partial charge on any atom is 0.148 e. The molecule has 0 spiro atoms. The highest BCUT2D eigenvalue weighted by molar-refractivity contribution is 6.10. The number of aryl methyl sites for hydroxylation is 1. The lowest BCUT2D eigenvalue weighted by Gasteiger charge is -2.11. The number of nitrogens with zero attached hydrogens (tertiary/aromatic N) is 6. The fourth-order valence-corrected chi connectivity index (χ4v) is 6.37. The number of hydrogen-bond acceptors (Lipinski definition) is 1. The normalized spacial score (nSPS) is 12.0. The fraction of sp³-hybridized carbons (Fsp3) is 0.0286. The summed E-state index contributed by atoms with van der Waals surface area (Å²) in [7, 11) is 2.01. The zero-order valence-corrected chi connectivity index (χ0v) is 22.3. The molecule has 194 valence electrons. The van der Waals surface area contributed by atoms with Gasteiger partial charge < -0.3 is 0 Å². The summed E-state index contributed by atoms with van der Waals surface area (Å²) >= 11 is 0. The number of rotatable bonds is 3. The third kappa shape index (κ3) is 3.07. The van der Waals surface area contributed by atoms with Crippen molar-refractivity contribution in [2.45, 2.75) is 0 Å². The van der Waals surface area contributed by atoms with Crippen molar-refractivity contribution in [2.75, 3.05) is 0 Å². The van der Waals surface area contributed by atoms with Gasteiger partial charge in [0.2, 0.25) is 0 Å². The molecule has 0 amide bonds.